The number of benzene rings is 2. The van der Waals surface area contributed by atoms with Crippen LogP contribution in [0.1, 0.15) is 23.1 Å². The number of anilines is 2. The van der Waals surface area contributed by atoms with E-state index in [1.165, 1.54) is 11.1 Å². The predicted octanol–water partition coefficient (Wildman–Crippen LogP) is 5.97. The Morgan fingerprint density at radius 1 is 1.06 bits per heavy atom. The van der Waals surface area contributed by atoms with Crippen LogP contribution in [0.4, 0.5) is 11.6 Å². The van der Waals surface area contributed by atoms with Crippen LogP contribution in [0.3, 0.4) is 0 Å². The second kappa shape index (κ2) is 8.74. The van der Waals surface area contributed by atoms with E-state index in [0.717, 1.165) is 47.4 Å². The average Bonchev–Trinajstić information content (AvgIpc) is 2.80. The van der Waals surface area contributed by atoms with Crippen molar-refractivity contribution in [3.63, 3.8) is 0 Å². The molecule has 0 fully saturated rings. The third kappa shape index (κ3) is 4.52. The smallest absolute Gasteiger partial charge is 0.139 e. The summed E-state index contributed by atoms with van der Waals surface area (Å²) >= 11 is 6.15. The number of hydrogen-bond donors (Lipinski definition) is 1. The van der Waals surface area contributed by atoms with Gasteiger partial charge in [-0.3, -0.25) is 4.99 Å². The Kier molecular flexibility index (Phi) is 5.50. The van der Waals surface area contributed by atoms with Gasteiger partial charge in [0.25, 0.3) is 0 Å². The van der Waals surface area contributed by atoms with Crippen LogP contribution in [-0.4, -0.2) is 22.8 Å². The number of rotatable bonds is 5. The van der Waals surface area contributed by atoms with E-state index in [9.17, 15) is 0 Å². The molecule has 4 aromatic rings. The quantitative estimate of drug-likeness (QED) is 0.398. The minimum absolute atomic E-state index is 0.633. The van der Waals surface area contributed by atoms with Crippen molar-refractivity contribution in [2.24, 2.45) is 4.99 Å². The van der Waals surface area contributed by atoms with E-state index in [0.29, 0.717) is 17.4 Å². The summed E-state index contributed by atoms with van der Waals surface area (Å²) in [5.41, 5.74) is 3.41. The van der Waals surface area contributed by atoms with E-state index in [4.69, 9.17) is 16.3 Å². The van der Waals surface area contributed by atoms with Crippen molar-refractivity contribution in [2.75, 3.05) is 11.9 Å². The Labute approximate surface area is 185 Å². The first-order valence-corrected chi connectivity index (χ1v) is 10.6. The minimum Gasteiger partial charge on any atom is -0.493 e. The fourth-order valence-electron chi connectivity index (χ4n) is 3.69. The van der Waals surface area contributed by atoms with Crippen LogP contribution in [0, 0.1) is 0 Å². The molecule has 5 rings (SSSR count). The Morgan fingerprint density at radius 3 is 2.94 bits per heavy atom. The van der Waals surface area contributed by atoms with E-state index in [2.05, 4.69) is 38.5 Å². The second-order valence-corrected chi connectivity index (χ2v) is 7.93. The zero-order chi connectivity index (χ0) is 21.0. The molecular weight excluding hydrogens is 408 g/mol. The normalized spacial score (nSPS) is 13.2. The number of aryl methyl sites for hydroxylation is 1. The van der Waals surface area contributed by atoms with Gasteiger partial charge in [0.1, 0.15) is 17.4 Å². The van der Waals surface area contributed by atoms with E-state index < -0.39 is 0 Å². The Morgan fingerprint density at radius 2 is 2.03 bits per heavy atom. The van der Waals surface area contributed by atoms with Crippen molar-refractivity contribution in [3.8, 4) is 5.75 Å². The molecular formula is C25H21ClN4O. The molecule has 0 bridgehead atoms. The lowest BCUT2D eigenvalue weighted by atomic mass is 10.0. The first-order chi connectivity index (χ1) is 15.2. The first kappa shape index (κ1) is 19.5. The summed E-state index contributed by atoms with van der Waals surface area (Å²) in [6.45, 7) is 1.45. The number of nitrogens with one attached hydrogen (secondary N) is 1. The standard InChI is InChI=1S/C25H21ClN4O/c26-21-6-5-19-9-10-28-25(22(19)13-21)30-24-8-4-18(16-29-24)15-27-14-17-3-7-23-20(12-17)2-1-11-31-23/h3-10,12-13,15-16H,1-2,11,14H2,(H,28,29,30). The van der Waals surface area contributed by atoms with E-state index in [-0.39, 0.29) is 0 Å². The molecule has 6 heteroatoms. The molecule has 0 saturated heterocycles. The van der Waals surface area contributed by atoms with Gasteiger partial charge in [-0.25, -0.2) is 9.97 Å². The fraction of sp³-hybridized carbons (Fsp3) is 0.160. The highest BCUT2D eigenvalue weighted by Crippen LogP contribution is 2.27. The molecule has 0 saturated carbocycles. The lowest BCUT2D eigenvalue weighted by molar-refractivity contribution is 0.288. The number of aromatic nitrogens is 2. The van der Waals surface area contributed by atoms with Crippen molar-refractivity contribution in [1.82, 2.24) is 9.97 Å². The van der Waals surface area contributed by atoms with Crippen molar-refractivity contribution >= 4 is 40.2 Å². The molecule has 154 valence electrons. The molecule has 1 aliphatic heterocycles. The summed E-state index contributed by atoms with van der Waals surface area (Å²) in [6.07, 6.45) is 7.57. The van der Waals surface area contributed by atoms with Crippen molar-refractivity contribution in [3.05, 3.63) is 88.7 Å². The van der Waals surface area contributed by atoms with Crippen molar-refractivity contribution in [1.29, 1.82) is 0 Å². The number of pyridine rings is 2. The topological polar surface area (TPSA) is 59.4 Å². The van der Waals surface area contributed by atoms with E-state index in [1.54, 1.807) is 12.4 Å². The van der Waals surface area contributed by atoms with Crippen LogP contribution in [0.15, 0.2) is 72.0 Å². The third-order valence-electron chi connectivity index (χ3n) is 5.25. The summed E-state index contributed by atoms with van der Waals surface area (Å²) in [5, 5.41) is 5.98. The largest absolute Gasteiger partial charge is 0.493 e. The molecule has 0 atom stereocenters. The molecule has 5 nitrogen and oxygen atoms in total. The predicted molar refractivity (Wildman–Crippen MR) is 126 cm³/mol. The molecule has 2 aromatic heterocycles. The maximum atomic E-state index is 6.15. The highest BCUT2D eigenvalue weighted by molar-refractivity contribution is 6.31. The van der Waals surface area contributed by atoms with Crippen LogP contribution in [0.5, 0.6) is 5.75 Å². The van der Waals surface area contributed by atoms with Gasteiger partial charge in [0.15, 0.2) is 0 Å². The number of halogens is 1. The summed E-state index contributed by atoms with van der Waals surface area (Å²) in [4.78, 5) is 13.5. The molecule has 1 N–H and O–H groups in total. The van der Waals surface area contributed by atoms with Gasteiger partial charge in [-0.2, -0.15) is 0 Å². The van der Waals surface area contributed by atoms with Gasteiger partial charge in [-0.05, 0) is 65.8 Å². The molecule has 0 amide bonds. The second-order valence-electron chi connectivity index (χ2n) is 7.49. The Bertz CT molecular complexity index is 1250. The van der Waals surface area contributed by atoms with Gasteiger partial charge < -0.3 is 10.1 Å². The van der Waals surface area contributed by atoms with Crippen LogP contribution >= 0.6 is 11.6 Å². The van der Waals surface area contributed by atoms with Crippen LogP contribution < -0.4 is 10.1 Å². The maximum absolute atomic E-state index is 6.15. The molecule has 2 aromatic carbocycles. The Balaban J connectivity index is 1.26. The van der Waals surface area contributed by atoms with Gasteiger partial charge in [-0.15, -0.1) is 0 Å². The maximum Gasteiger partial charge on any atom is 0.139 e. The van der Waals surface area contributed by atoms with Crippen LogP contribution in [-0.2, 0) is 13.0 Å². The van der Waals surface area contributed by atoms with Crippen LogP contribution in [0.25, 0.3) is 10.8 Å². The summed E-state index contributed by atoms with van der Waals surface area (Å²) in [5.74, 6) is 2.45. The van der Waals surface area contributed by atoms with E-state index in [1.807, 2.05) is 42.6 Å². The lowest BCUT2D eigenvalue weighted by Crippen LogP contribution is -2.08. The SMILES string of the molecule is Clc1ccc2ccnc(Nc3ccc(C=NCc4ccc5c(c4)CCCO5)cn3)c2c1. The van der Waals surface area contributed by atoms with Crippen molar-refractivity contribution < 1.29 is 4.74 Å². The van der Waals surface area contributed by atoms with E-state index >= 15 is 0 Å². The molecule has 3 heterocycles. The molecule has 0 spiro atoms. The van der Waals surface area contributed by atoms with Gasteiger partial charge >= 0.3 is 0 Å². The number of nitrogens with zero attached hydrogens (tertiary/aromatic N) is 3. The van der Waals surface area contributed by atoms with Gasteiger partial charge in [-0.1, -0.05) is 29.8 Å². The fourth-order valence-corrected chi connectivity index (χ4v) is 3.86. The average molecular weight is 429 g/mol. The highest BCUT2D eigenvalue weighted by Gasteiger charge is 2.10. The summed E-state index contributed by atoms with van der Waals surface area (Å²) in [7, 11) is 0. The highest BCUT2D eigenvalue weighted by atomic mass is 35.5. The van der Waals surface area contributed by atoms with Gasteiger partial charge in [0.05, 0.1) is 13.2 Å². The molecule has 1 aliphatic rings. The molecule has 0 radical (unpaired) electrons. The monoisotopic (exact) mass is 428 g/mol. The first-order valence-electron chi connectivity index (χ1n) is 10.3. The molecule has 31 heavy (non-hydrogen) atoms. The number of hydrogen-bond acceptors (Lipinski definition) is 5. The number of fused-ring (bicyclic) bond motifs is 2. The third-order valence-corrected chi connectivity index (χ3v) is 5.48. The van der Waals surface area contributed by atoms with Gasteiger partial charge in [0.2, 0.25) is 0 Å². The van der Waals surface area contributed by atoms with Gasteiger partial charge in [0, 0.05) is 34.6 Å². The summed E-state index contributed by atoms with van der Waals surface area (Å²) in [6, 6.07) is 17.9. The summed E-state index contributed by atoms with van der Waals surface area (Å²) < 4.78 is 5.67. The molecule has 0 unspecified atom stereocenters. The van der Waals surface area contributed by atoms with Crippen molar-refractivity contribution in [2.45, 2.75) is 19.4 Å². The number of aliphatic imine (C=N–C) groups is 1. The zero-order valence-corrected chi connectivity index (χ0v) is 17.6. The Hall–Kier alpha value is -3.44. The van der Waals surface area contributed by atoms with Crippen LogP contribution in [0.2, 0.25) is 5.02 Å². The number of ether oxygens (including phenoxy) is 1. The minimum atomic E-state index is 0.633. The molecule has 0 aliphatic carbocycles. The zero-order valence-electron chi connectivity index (χ0n) is 16.9. The lowest BCUT2D eigenvalue weighted by Gasteiger charge is -2.17.